The van der Waals surface area contributed by atoms with Crippen LogP contribution in [0.5, 0.6) is 0 Å². The molecule has 20 heavy (non-hydrogen) atoms. The molecule has 0 fully saturated rings. The van der Waals surface area contributed by atoms with Crippen LogP contribution in [0.1, 0.15) is 37.6 Å². The van der Waals surface area contributed by atoms with Crippen LogP contribution in [0.4, 0.5) is 0 Å². The van der Waals surface area contributed by atoms with Gasteiger partial charge < -0.3 is 5.11 Å². The number of aliphatic hydroxyl groups excluding tert-OH is 1. The Morgan fingerprint density at radius 1 is 1.40 bits per heavy atom. The molecule has 112 valence electrons. The lowest BCUT2D eigenvalue weighted by atomic mass is 10.1. The molecule has 0 spiro atoms. The minimum atomic E-state index is -3.54. The van der Waals surface area contributed by atoms with Crippen LogP contribution in [-0.4, -0.2) is 25.7 Å². The van der Waals surface area contributed by atoms with E-state index >= 15 is 0 Å². The number of hydrogen-bond acceptors (Lipinski definition) is 4. The molecule has 1 heterocycles. The fourth-order valence-corrected chi connectivity index (χ4v) is 3.48. The first-order valence-corrected chi connectivity index (χ1v) is 8.54. The highest BCUT2D eigenvalue weighted by atomic mass is 32.2. The van der Waals surface area contributed by atoms with Crippen LogP contribution in [0.15, 0.2) is 11.4 Å². The summed E-state index contributed by atoms with van der Waals surface area (Å²) >= 11 is 1.45. The summed E-state index contributed by atoms with van der Waals surface area (Å²) in [5.74, 6) is 5.75. The van der Waals surface area contributed by atoms with Crippen LogP contribution in [0, 0.1) is 11.8 Å². The van der Waals surface area contributed by atoms with Crippen LogP contribution in [0.3, 0.4) is 0 Å². The second kappa shape index (κ2) is 7.20. The van der Waals surface area contributed by atoms with Gasteiger partial charge in [-0.3, -0.25) is 0 Å². The number of hydrogen-bond donors (Lipinski definition) is 3. The van der Waals surface area contributed by atoms with Crippen molar-refractivity contribution in [3.8, 4) is 11.8 Å². The van der Waals surface area contributed by atoms with Crippen molar-refractivity contribution in [3.63, 3.8) is 0 Å². The van der Waals surface area contributed by atoms with Gasteiger partial charge in [0.2, 0.25) is 0 Å². The van der Waals surface area contributed by atoms with Crippen LogP contribution >= 0.6 is 11.3 Å². The van der Waals surface area contributed by atoms with Crippen molar-refractivity contribution in [2.75, 3.05) is 6.61 Å². The molecule has 0 aliphatic heterocycles. The molecule has 7 heteroatoms. The summed E-state index contributed by atoms with van der Waals surface area (Å²) in [6.07, 6.45) is 0.409. The predicted molar refractivity (Wildman–Crippen MR) is 81.5 cm³/mol. The van der Waals surface area contributed by atoms with Crippen molar-refractivity contribution in [2.45, 2.75) is 39.3 Å². The number of nitrogens with one attached hydrogen (secondary N) is 2. The van der Waals surface area contributed by atoms with Crippen molar-refractivity contribution >= 4 is 21.5 Å². The van der Waals surface area contributed by atoms with Gasteiger partial charge in [-0.15, -0.1) is 11.3 Å². The standard InChI is InChI=1S/C13H20N2O3S2/c1-13(2,3)15-20(17,18)14-10-12-11(7-9-19-12)6-4-5-8-16/h7,9,14-16H,5,8,10H2,1-3H3. The fourth-order valence-electron chi connectivity index (χ4n) is 1.40. The molecule has 0 amide bonds. The molecular formula is C13H20N2O3S2. The van der Waals surface area contributed by atoms with Gasteiger partial charge in [0, 0.05) is 28.9 Å². The Hall–Kier alpha value is -0.910. The number of thiophene rings is 1. The van der Waals surface area contributed by atoms with Gasteiger partial charge in [-0.1, -0.05) is 11.8 Å². The summed E-state index contributed by atoms with van der Waals surface area (Å²) in [7, 11) is -3.54. The molecule has 0 aliphatic carbocycles. The Bertz CT molecular complexity index is 589. The molecule has 3 N–H and O–H groups in total. The van der Waals surface area contributed by atoms with E-state index in [9.17, 15) is 8.42 Å². The minimum Gasteiger partial charge on any atom is -0.395 e. The molecule has 0 radical (unpaired) electrons. The largest absolute Gasteiger partial charge is 0.395 e. The van der Waals surface area contributed by atoms with Gasteiger partial charge in [-0.2, -0.15) is 17.9 Å². The fraction of sp³-hybridized carbons (Fsp3) is 0.538. The van der Waals surface area contributed by atoms with E-state index < -0.39 is 15.7 Å². The highest BCUT2D eigenvalue weighted by Gasteiger charge is 2.19. The van der Waals surface area contributed by atoms with Crippen molar-refractivity contribution < 1.29 is 13.5 Å². The third-order valence-corrected chi connectivity index (χ3v) is 4.39. The van der Waals surface area contributed by atoms with Gasteiger partial charge in [-0.05, 0) is 32.2 Å². The van der Waals surface area contributed by atoms with Crippen LogP contribution in [-0.2, 0) is 16.8 Å². The van der Waals surface area contributed by atoms with Gasteiger partial charge in [0.15, 0.2) is 0 Å². The maximum Gasteiger partial charge on any atom is 0.277 e. The van der Waals surface area contributed by atoms with Gasteiger partial charge in [0.05, 0.1) is 6.61 Å². The van der Waals surface area contributed by atoms with E-state index in [4.69, 9.17) is 5.11 Å². The summed E-state index contributed by atoms with van der Waals surface area (Å²) in [5, 5.41) is 10.5. The summed E-state index contributed by atoms with van der Waals surface area (Å²) in [6, 6.07) is 1.84. The maximum atomic E-state index is 11.8. The highest BCUT2D eigenvalue weighted by molar-refractivity contribution is 7.87. The lowest BCUT2D eigenvalue weighted by Gasteiger charge is -2.20. The number of rotatable bonds is 5. The summed E-state index contributed by atoms with van der Waals surface area (Å²) in [4.78, 5) is 0.856. The molecule has 0 unspecified atom stereocenters. The molecule has 1 aromatic heterocycles. The Morgan fingerprint density at radius 2 is 2.10 bits per heavy atom. The van der Waals surface area contributed by atoms with Crippen LogP contribution < -0.4 is 9.44 Å². The van der Waals surface area contributed by atoms with Crippen molar-refractivity contribution in [1.29, 1.82) is 0 Å². The molecule has 0 atom stereocenters. The van der Waals surface area contributed by atoms with Crippen molar-refractivity contribution in [2.24, 2.45) is 0 Å². The summed E-state index contributed by atoms with van der Waals surface area (Å²) in [5.41, 5.74) is 0.271. The molecule has 1 rings (SSSR count). The molecule has 1 aromatic rings. The van der Waals surface area contributed by atoms with Crippen LogP contribution in [0.2, 0.25) is 0 Å². The maximum absolute atomic E-state index is 11.8. The van der Waals surface area contributed by atoms with Crippen LogP contribution in [0.25, 0.3) is 0 Å². The van der Waals surface area contributed by atoms with Gasteiger partial charge in [0.25, 0.3) is 10.2 Å². The zero-order chi connectivity index (χ0) is 15.2. The van der Waals surface area contributed by atoms with E-state index in [2.05, 4.69) is 21.3 Å². The van der Waals surface area contributed by atoms with E-state index in [0.717, 1.165) is 10.4 Å². The average molecular weight is 316 g/mol. The zero-order valence-corrected chi connectivity index (χ0v) is 13.5. The van der Waals surface area contributed by atoms with E-state index in [0.29, 0.717) is 6.42 Å². The smallest absolute Gasteiger partial charge is 0.277 e. The third kappa shape index (κ3) is 6.50. The molecule has 0 aromatic carbocycles. The Labute approximate surface area is 124 Å². The van der Waals surface area contributed by atoms with E-state index in [1.165, 1.54) is 11.3 Å². The lowest BCUT2D eigenvalue weighted by molar-refractivity contribution is 0.305. The zero-order valence-electron chi connectivity index (χ0n) is 11.9. The third-order valence-electron chi connectivity index (χ3n) is 2.07. The summed E-state index contributed by atoms with van der Waals surface area (Å²) < 4.78 is 28.7. The predicted octanol–water partition coefficient (Wildman–Crippen LogP) is 1.20. The van der Waals surface area contributed by atoms with E-state index in [1.54, 1.807) is 20.8 Å². The quantitative estimate of drug-likeness (QED) is 0.714. The van der Waals surface area contributed by atoms with Crippen molar-refractivity contribution in [3.05, 3.63) is 21.9 Å². The van der Waals surface area contributed by atoms with E-state index in [1.807, 2.05) is 11.4 Å². The normalized spacial score (nSPS) is 12.0. The minimum absolute atomic E-state index is 0.0224. The monoisotopic (exact) mass is 316 g/mol. The lowest BCUT2D eigenvalue weighted by Crippen LogP contribution is -2.46. The first-order valence-electron chi connectivity index (χ1n) is 6.18. The molecule has 0 saturated carbocycles. The first kappa shape index (κ1) is 17.1. The average Bonchev–Trinajstić information content (AvgIpc) is 2.71. The second-order valence-electron chi connectivity index (χ2n) is 5.21. The topological polar surface area (TPSA) is 78.4 Å². The SMILES string of the molecule is CC(C)(C)NS(=O)(=O)NCc1sccc1C#CCCO. The highest BCUT2D eigenvalue weighted by Crippen LogP contribution is 2.16. The molecular weight excluding hydrogens is 296 g/mol. The first-order chi connectivity index (χ1) is 9.23. The molecule has 0 bridgehead atoms. The van der Waals surface area contributed by atoms with Gasteiger partial charge >= 0.3 is 0 Å². The molecule has 5 nitrogen and oxygen atoms in total. The Kier molecular flexibility index (Phi) is 6.17. The summed E-state index contributed by atoms with van der Waals surface area (Å²) in [6.45, 7) is 5.57. The molecule has 0 saturated heterocycles. The van der Waals surface area contributed by atoms with E-state index in [-0.39, 0.29) is 13.2 Å². The second-order valence-corrected chi connectivity index (χ2v) is 7.71. The number of aliphatic hydroxyl groups is 1. The molecule has 0 aliphatic rings. The van der Waals surface area contributed by atoms with Gasteiger partial charge in [0.1, 0.15) is 0 Å². The van der Waals surface area contributed by atoms with Gasteiger partial charge in [-0.25, -0.2) is 0 Å². The Balaban J connectivity index is 2.68. The Morgan fingerprint density at radius 3 is 2.70 bits per heavy atom. The van der Waals surface area contributed by atoms with Crippen molar-refractivity contribution in [1.82, 2.24) is 9.44 Å².